The number of amides is 1. The standard InChI is InChI=1S/C19H19F5N4O5S/c1-32-16-12(4-3-11(20)15(16)21)28-9-18(33-2,19(22,23)24)8-13(28)17(29)27-10-5-6-26-14(7-10)34(25,30)31/h3-7,13H,8-9H2,1-2H3,(H2,25,30,31)(H,26,27,29)/t13-,18+/m1/s1/i13D. The highest BCUT2D eigenvalue weighted by Crippen LogP contribution is 2.47. The minimum atomic E-state index is -5.08. The number of hydrogen-bond donors (Lipinski definition) is 2. The molecule has 3 rings (SSSR count). The molecule has 1 fully saturated rings. The average molecular weight is 511 g/mol. The van der Waals surface area contributed by atoms with Gasteiger partial charge in [0.2, 0.25) is 11.7 Å². The maximum Gasteiger partial charge on any atom is 0.419 e. The number of rotatable bonds is 6. The van der Waals surface area contributed by atoms with Gasteiger partial charge >= 0.3 is 6.18 Å². The molecular formula is C19H19F5N4O5S. The van der Waals surface area contributed by atoms with Crippen molar-refractivity contribution in [1.82, 2.24) is 4.98 Å². The van der Waals surface area contributed by atoms with E-state index in [4.69, 9.17) is 16.0 Å². The van der Waals surface area contributed by atoms with E-state index >= 15 is 0 Å². The molecule has 1 aromatic heterocycles. The van der Waals surface area contributed by atoms with Gasteiger partial charge < -0.3 is 19.7 Å². The predicted octanol–water partition coefficient (Wildman–Crippen LogP) is 2.18. The van der Waals surface area contributed by atoms with Crippen LogP contribution in [0, 0.1) is 11.6 Å². The number of aromatic nitrogens is 1. The highest BCUT2D eigenvalue weighted by Gasteiger charge is 2.63. The van der Waals surface area contributed by atoms with E-state index in [1.165, 1.54) is 0 Å². The summed E-state index contributed by atoms with van der Waals surface area (Å²) in [6.45, 7) is -1.15. The van der Waals surface area contributed by atoms with E-state index in [0.29, 0.717) is 11.0 Å². The number of halogens is 5. The Kier molecular flexibility index (Phi) is 6.35. The number of carbonyl (C=O) groups is 1. The molecule has 9 nitrogen and oxygen atoms in total. The van der Waals surface area contributed by atoms with Crippen molar-refractivity contribution < 1.29 is 46.0 Å². The molecule has 1 amide bonds. The van der Waals surface area contributed by atoms with Crippen LogP contribution in [0.1, 0.15) is 7.79 Å². The molecular weight excluding hydrogens is 491 g/mol. The molecule has 1 saturated heterocycles. The third-order valence-corrected chi connectivity index (χ3v) is 5.98. The summed E-state index contributed by atoms with van der Waals surface area (Å²) in [4.78, 5) is 17.3. The van der Waals surface area contributed by atoms with Crippen molar-refractivity contribution in [3.8, 4) is 5.75 Å². The van der Waals surface area contributed by atoms with E-state index in [1.807, 2.05) is 0 Å². The van der Waals surface area contributed by atoms with Crippen LogP contribution in [-0.4, -0.2) is 57.9 Å². The number of benzene rings is 1. The lowest BCUT2D eigenvalue weighted by molar-refractivity contribution is -0.261. The zero-order chi connectivity index (χ0) is 26.4. The molecule has 0 bridgehead atoms. The number of methoxy groups -OCH3 is 2. The Bertz CT molecular complexity index is 1260. The number of anilines is 2. The second-order valence-electron chi connectivity index (χ2n) is 7.20. The minimum Gasteiger partial charge on any atom is -0.491 e. The van der Waals surface area contributed by atoms with Crippen molar-refractivity contribution in [2.24, 2.45) is 5.14 Å². The SMILES string of the molecule is [2H][C@]1(C(=O)Nc2ccnc(S(N)(=O)=O)c2)C[C@@](OC)(C(F)(F)F)CN1c1ccc(F)c(F)c1OC. The fourth-order valence-electron chi connectivity index (χ4n) is 3.42. The highest BCUT2D eigenvalue weighted by molar-refractivity contribution is 7.89. The first kappa shape index (κ1) is 24.1. The Labute approximate surface area is 192 Å². The van der Waals surface area contributed by atoms with E-state index in [2.05, 4.69) is 10.3 Å². The smallest absolute Gasteiger partial charge is 0.419 e. The summed E-state index contributed by atoms with van der Waals surface area (Å²) in [5, 5.41) is 6.49. The number of hydrogen-bond acceptors (Lipinski definition) is 7. The van der Waals surface area contributed by atoms with Gasteiger partial charge in [0.1, 0.15) is 6.02 Å². The minimum absolute atomic E-state index is 0.250. The van der Waals surface area contributed by atoms with E-state index in [0.717, 1.165) is 38.6 Å². The normalized spacial score (nSPS) is 23.5. The van der Waals surface area contributed by atoms with Crippen molar-refractivity contribution in [3.63, 3.8) is 0 Å². The third kappa shape index (κ3) is 4.63. The van der Waals surface area contributed by atoms with E-state index in [9.17, 15) is 35.2 Å². The number of nitrogens with one attached hydrogen (secondary N) is 1. The van der Waals surface area contributed by atoms with Crippen LogP contribution in [0.3, 0.4) is 0 Å². The number of primary sulfonamides is 1. The van der Waals surface area contributed by atoms with Gasteiger partial charge in [-0.05, 0) is 18.2 Å². The summed E-state index contributed by atoms with van der Waals surface area (Å²) < 4.78 is 112. The molecule has 2 aromatic rings. The molecule has 3 N–H and O–H groups in total. The fraction of sp³-hybridized carbons (Fsp3) is 0.368. The summed E-state index contributed by atoms with van der Waals surface area (Å²) >= 11 is 0. The molecule has 0 radical (unpaired) electrons. The predicted molar refractivity (Wildman–Crippen MR) is 109 cm³/mol. The lowest BCUT2D eigenvalue weighted by atomic mass is 9.99. The zero-order valence-electron chi connectivity index (χ0n) is 18.6. The summed E-state index contributed by atoms with van der Waals surface area (Å²) in [6.07, 6.45) is -5.39. The van der Waals surface area contributed by atoms with Crippen LogP contribution >= 0.6 is 0 Å². The van der Waals surface area contributed by atoms with E-state index in [1.54, 1.807) is 0 Å². The number of pyridine rings is 1. The molecule has 0 spiro atoms. The van der Waals surface area contributed by atoms with Crippen LogP contribution in [0.2, 0.25) is 0 Å². The van der Waals surface area contributed by atoms with Crippen LogP contribution in [0.5, 0.6) is 5.75 Å². The van der Waals surface area contributed by atoms with Gasteiger partial charge in [0, 0.05) is 31.5 Å². The van der Waals surface area contributed by atoms with Gasteiger partial charge in [0.15, 0.2) is 22.2 Å². The molecule has 15 heteroatoms. The number of ether oxygens (including phenoxy) is 2. The Morgan fingerprint density at radius 3 is 2.56 bits per heavy atom. The molecule has 186 valence electrons. The van der Waals surface area contributed by atoms with Crippen molar-refractivity contribution in [2.45, 2.75) is 29.2 Å². The summed E-state index contributed by atoms with van der Waals surface area (Å²) in [5.74, 6) is -5.10. The first-order valence-electron chi connectivity index (χ1n) is 9.81. The largest absolute Gasteiger partial charge is 0.491 e. The topological polar surface area (TPSA) is 124 Å². The second kappa shape index (κ2) is 8.96. The molecule has 1 aliphatic rings. The van der Waals surface area contributed by atoms with Gasteiger partial charge in [-0.1, -0.05) is 0 Å². The molecule has 2 atom stereocenters. The Hall–Kier alpha value is -3.04. The van der Waals surface area contributed by atoms with E-state index in [-0.39, 0.29) is 5.69 Å². The molecule has 0 unspecified atom stereocenters. The number of nitrogens with two attached hydrogens (primary N) is 1. The van der Waals surface area contributed by atoms with Crippen LogP contribution in [0.15, 0.2) is 35.5 Å². The second-order valence-corrected chi connectivity index (χ2v) is 8.71. The Balaban J connectivity index is 2.14. The van der Waals surface area contributed by atoms with Crippen molar-refractivity contribution >= 4 is 27.3 Å². The number of carbonyl (C=O) groups excluding carboxylic acids is 1. The van der Waals surface area contributed by atoms with Crippen molar-refractivity contribution in [3.05, 3.63) is 42.1 Å². The maximum atomic E-state index is 14.4. The van der Waals surface area contributed by atoms with Gasteiger partial charge in [-0.2, -0.15) is 17.6 Å². The molecule has 1 aromatic carbocycles. The van der Waals surface area contributed by atoms with Gasteiger partial charge in [-0.3, -0.25) is 4.79 Å². The molecule has 0 saturated carbocycles. The van der Waals surface area contributed by atoms with Crippen LogP contribution in [0.25, 0.3) is 0 Å². The first-order chi connectivity index (χ1) is 16.1. The molecule has 0 aliphatic carbocycles. The van der Waals surface area contributed by atoms with Crippen molar-refractivity contribution in [1.29, 1.82) is 0 Å². The van der Waals surface area contributed by atoms with Crippen LogP contribution in [-0.2, 0) is 19.6 Å². The fourth-order valence-corrected chi connectivity index (χ4v) is 3.92. The molecule has 1 aliphatic heterocycles. The summed E-state index contributed by atoms with van der Waals surface area (Å²) in [6, 6.07) is 0.602. The van der Waals surface area contributed by atoms with Gasteiger partial charge in [-0.25, -0.2) is 22.9 Å². The highest BCUT2D eigenvalue weighted by atomic mass is 32.2. The monoisotopic (exact) mass is 511 g/mol. The maximum absolute atomic E-state index is 14.4. The lowest BCUT2D eigenvalue weighted by Gasteiger charge is -2.31. The number of alkyl halides is 3. The van der Waals surface area contributed by atoms with E-state index < -0.39 is 74.8 Å². The Morgan fingerprint density at radius 1 is 1.32 bits per heavy atom. The number of nitrogens with zero attached hydrogens (tertiary/aromatic N) is 2. The van der Waals surface area contributed by atoms with Crippen LogP contribution < -0.4 is 20.1 Å². The van der Waals surface area contributed by atoms with Crippen molar-refractivity contribution in [2.75, 3.05) is 31.0 Å². The number of sulfonamides is 1. The van der Waals surface area contributed by atoms with Crippen LogP contribution in [0.4, 0.5) is 33.3 Å². The zero-order valence-corrected chi connectivity index (χ0v) is 18.4. The van der Waals surface area contributed by atoms with Gasteiger partial charge in [0.25, 0.3) is 10.0 Å². The van der Waals surface area contributed by atoms with Gasteiger partial charge in [-0.15, -0.1) is 0 Å². The third-order valence-electron chi connectivity index (χ3n) is 5.17. The quantitative estimate of drug-likeness (QED) is 0.570. The lowest BCUT2D eigenvalue weighted by Crippen LogP contribution is -2.49. The molecule has 2 heterocycles. The first-order valence-corrected chi connectivity index (χ1v) is 10.9. The van der Waals surface area contributed by atoms with Gasteiger partial charge in [0.05, 0.1) is 20.7 Å². The summed E-state index contributed by atoms with van der Waals surface area (Å²) in [5.41, 5.74) is -3.81. The molecule has 34 heavy (non-hydrogen) atoms. The summed E-state index contributed by atoms with van der Waals surface area (Å²) in [7, 11) is -2.62. The average Bonchev–Trinajstić information content (AvgIpc) is 3.10. The Morgan fingerprint density at radius 2 is 2.00 bits per heavy atom.